The minimum absolute atomic E-state index is 0.335. The first kappa shape index (κ1) is 20.1. The molecule has 1 amide bonds. The number of amides is 1. The van der Waals surface area contributed by atoms with Crippen LogP contribution in [-0.4, -0.2) is 49.4 Å². The molecule has 0 unspecified atom stereocenters. The minimum atomic E-state index is -0.335. The van der Waals surface area contributed by atoms with Gasteiger partial charge < -0.3 is 14.8 Å². The highest BCUT2D eigenvalue weighted by Crippen LogP contribution is 2.33. The van der Waals surface area contributed by atoms with Gasteiger partial charge in [-0.2, -0.15) is 5.10 Å². The van der Waals surface area contributed by atoms with Crippen molar-refractivity contribution in [2.75, 3.05) is 19.5 Å². The summed E-state index contributed by atoms with van der Waals surface area (Å²) in [4.78, 5) is 25.6. The van der Waals surface area contributed by atoms with Gasteiger partial charge in [0.15, 0.2) is 0 Å². The molecular formula is C21H21N7O3. The number of aromatic nitrogens is 6. The molecule has 3 aromatic heterocycles. The minimum Gasteiger partial charge on any atom is -0.497 e. The van der Waals surface area contributed by atoms with Crippen molar-refractivity contribution in [2.45, 2.75) is 6.92 Å². The van der Waals surface area contributed by atoms with E-state index in [2.05, 4.69) is 25.4 Å². The van der Waals surface area contributed by atoms with Crippen molar-refractivity contribution in [1.29, 1.82) is 0 Å². The molecule has 0 radical (unpaired) electrons. The number of benzene rings is 1. The molecular weight excluding hydrogens is 398 g/mol. The molecule has 0 aliphatic rings. The number of methoxy groups -OCH3 is 2. The molecule has 4 rings (SSSR count). The lowest BCUT2D eigenvalue weighted by Crippen LogP contribution is -2.16. The van der Waals surface area contributed by atoms with Crippen LogP contribution in [-0.2, 0) is 7.05 Å². The molecule has 158 valence electrons. The molecule has 0 fully saturated rings. The van der Waals surface area contributed by atoms with Crippen molar-refractivity contribution in [2.24, 2.45) is 7.05 Å². The molecule has 10 nitrogen and oxygen atoms in total. The number of carbonyl (C=O) groups is 1. The third-order valence-electron chi connectivity index (χ3n) is 4.73. The number of imidazole rings is 1. The highest BCUT2D eigenvalue weighted by molar-refractivity contribution is 6.03. The molecule has 10 heteroatoms. The van der Waals surface area contributed by atoms with Crippen LogP contribution in [0.25, 0.3) is 17.2 Å². The van der Waals surface area contributed by atoms with Crippen molar-refractivity contribution in [1.82, 2.24) is 29.3 Å². The summed E-state index contributed by atoms with van der Waals surface area (Å²) in [6.45, 7) is 1.86. The number of carbonyl (C=O) groups excluding carboxylic acids is 1. The van der Waals surface area contributed by atoms with E-state index in [9.17, 15) is 4.79 Å². The maximum atomic E-state index is 12.8. The van der Waals surface area contributed by atoms with Crippen LogP contribution in [0.4, 0.5) is 5.69 Å². The number of nitrogens with one attached hydrogen (secondary N) is 1. The predicted molar refractivity (Wildman–Crippen MR) is 114 cm³/mol. The Bertz CT molecular complexity index is 1230. The lowest BCUT2D eigenvalue weighted by Gasteiger charge is -2.08. The summed E-state index contributed by atoms with van der Waals surface area (Å²) in [5, 5.41) is 7.26. The zero-order valence-electron chi connectivity index (χ0n) is 17.5. The van der Waals surface area contributed by atoms with E-state index in [0.29, 0.717) is 34.5 Å². The monoisotopic (exact) mass is 419 g/mol. The average Bonchev–Trinajstić information content (AvgIpc) is 3.39. The van der Waals surface area contributed by atoms with Crippen LogP contribution in [0, 0.1) is 6.92 Å². The Balaban J connectivity index is 1.57. The highest BCUT2D eigenvalue weighted by atomic mass is 16.5. The summed E-state index contributed by atoms with van der Waals surface area (Å²) in [5.41, 5.74) is 2.15. The van der Waals surface area contributed by atoms with Crippen molar-refractivity contribution < 1.29 is 14.3 Å². The second kappa shape index (κ2) is 8.27. The molecule has 0 saturated carbocycles. The van der Waals surface area contributed by atoms with Crippen LogP contribution in [0.15, 0.2) is 49.1 Å². The van der Waals surface area contributed by atoms with Crippen molar-refractivity contribution in [3.8, 4) is 28.7 Å². The van der Waals surface area contributed by atoms with Gasteiger partial charge >= 0.3 is 0 Å². The first-order valence-corrected chi connectivity index (χ1v) is 9.40. The van der Waals surface area contributed by atoms with Crippen LogP contribution >= 0.6 is 0 Å². The molecule has 1 aromatic carbocycles. The van der Waals surface area contributed by atoms with E-state index in [1.54, 1.807) is 68.8 Å². The summed E-state index contributed by atoms with van der Waals surface area (Å²) in [6, 6.07) is 7.10. The maximum Gasteiger partial charge on any atom is 0.274 e. The number of hydrogen-bond acceptors (Lipinski definition) is 7. The summed E-state index contributed by atoms with van der Waals surface area (Å²) >= 11 is 0. The zero-order valence-corrected chi connectivity index (χ0v) is 17.5. The van der Waals surface area contributed by atoms with Crippen LogP contribution in [0.3, 0.4) is 0 Å². The van der Waals surface area contributed by atoms with E-state index in [4.69, 9.17) is 9.47 Å². The quantitative estimate of drug-likeness (QED) is 0.512. The Kier molecular flexibility index (Phi) is 5.35. The SMILES string of the molecule is COc1ccc(OC)c(-c2cc(C(=O)Nc3cnc(-n4ccnc4C)nc3)n(C)n2)c1. The van der Waals surface area contributed by atoms with Gasteiger partial charge in [-0.1, -0.05) is 0 Å². The molecule has 0 aliphatic carbocycles. The lowest BCUT2D eigenvalue weighted by atomic mass is 10.1. The van der Waals surface area contributed by atoms with Gasteiger partial charge in [0.1, 0.15) is 23.0 Å². The van der Waals surface area contributed by atoms with Gasteiger partial charge in [0.2, 0.25) is 5.95 Å². The summed E-state index contributed by atoms with van der Waals surface area (Å²) in [5.74, 6) is 2.20. The van der Waals surface area contributed by atoms with E-state index in [-0.39, 0.29) is 5.91 Å². The van der Waals surface area contributed by atoms with Crippen molar-refractivity contribution in [3.63, 3.8) is 0 Å². The Morgan fingerprint density at radius 1 is 1.06 bits per heavy atom. The Morgan fingerprint density at radius 3 is 2.48 bits per heavy atom. The third-order valence-corrected chi connectivity index (χ3v) is 4.73. The molecule has 0 spiro atoms. The van der Waals surface area contributed by atoms with Crippen LogP contribution in [0.5, 0.6) is 11.5 Å². The van der Waals surface area contributed by atoms with E-state index >= 15 is 0 Å². The second-order valence-corrected chi connectivity index (χ2v) is 6.67. The number of ether oxygens (including phenoxy) is 2. The van der Waals surface area contributed by atoms with Gasteiger partial charge in [-0.25, -0.2) is 15.0 Å². The van der Waals surface area contributed by atoms with E-state index in [0.717, 1.165) is 11.4 Å². The van der Waals surface area contributed by atoms with Crippen molar-refractivity contribution >= 4 is 11.6 Å². The lowest BCUT2D eigenvalue weighted by molar-refractivity contribution is 0.101. The number of aryl methyl sites for hydroxylation is 2. The summed E-state index contributed by atoms with van der Waals surface area (Å²) in [6.07, 6.45) is 6.53. The molecule has 4 aromatic rings. The van der Waals surface area contributed by atoms with Crippen molar-refractivity contribution in [3.05, 3.63) is 60.6 Å². The third kappa shape index (κ3) is 3.95. The summed E-state index contributed by atoms with van der Waals surface area (Å²) < 4.78 is 14.0. The highest BCUT2D eigenvalue weighted by Gasteiger charge is 2.18. The fourth-order valence-corrected chi connectivity index (χ4v) is 3.12. The smallest absolute Gasteiger partial charge is 0.274 e. The van der Waals surface area contributed by atoms with E-state index < -0.39 is 0 Å². The van der Waals surface area contributed by atoms with Gasteiger partial charge in [-0.15, -0.1) is 0 Å². The Morgan fingerprint density at radius 2 is 1.84 bits per heavy atom. The number of rotatable bonds is 6. The maximum absolute atomic E-state index is 12.8. The Hall–Kier alpha value is -4.21. The molecule has 0 atom stereocenters. The predicted octanol–water partition coefficient (Wildman–Crippen LogP) is 2.64. The first-order valence-electron chi connectivity index (χ1n) is 9.40. The molecule has 0 bridgehead atoms. The second-order valence-electron chi connectivity index (χ2n) is 6.67. The number of nitrogens with zero attached hydrogens (tertiary/aromatic N) is 6. The zero-order chi connectivity index (χ0) is 22.0. The fourth-order valence-electron chi connectivity index (χ4n) is 3.12. The number of hydrogen-bond donors (Lipinski definition) is 1. The summed E-state index contributed by atoms with van der Waals surface area (Å²) in [7, 11) is 4.87. The van der Waals surface area contributed by atoms with Gasteiger partial charge in [-0.3, -0.25) is 14.0 Å². The van der Waals surface area contributed by atoms with Crippen LogP contribution in [0.2, 0.25) is 0 Å². The molecule has 0 saturated heterocycles. The van der Waals surface area contributed by atoms with Gasteiger partial charge in [0.05, 0.1) is 38.0 Å². The molecule has 1 N–H and O–H groups in total. The average molecular weight is 419 g/mol. The van der Waals surface area contributed by atoms with Gasteiger partial charge in [-0.05, 0) is 31.2 Å². The molecule has 0 aliphatic heterocycles. The largest absolute Gasteiger partial charge is 0.497 e. The van der Waals surface area contributed by atoms with E-state index in [1.807, 2.05) is 13.0 Å². The van der Waals surface area contributed by atoms with E-state index in [1.165, 1.54) is 4.68 Å². The first-order chi connectivity index (χ1) is 15.0. The fraction of sp³-hybridized carbons (Fsp3) is 0.190. The standard InChI is InChI=1S/C21H21N7O3/c1-13-22-7-8-28(13)21-23-11-14(12-24-21)25-20(29)18-10-17(26-27(18)2)16-9-15(30-3)5-6-19(16)31-4/h5-12H,1-4H3,(H,25,29). The topological polar surface area (TPSA) is 109 Å². The van der Waals surface area contributed by atoms with Crippen LogP contribution < -0.4 is 14.8 Å². The van der Waals surface area contributed by atoms with Crippen LogP contribution in [0.1, 0.15) is 16.3 Å². The molecule has 31 heavy (non-hydrogen) atoms. The Labute approximate surface area is 178 Å². The van der Waals surface area contributed by atoms with Gasteiger partial charge in [0.25, 0.3) is 5.91 Å². The van der Waals surface area contributed by atoms with Gasteiger partial charge in [0, 0.05) is 25.0 Å². The number of anilines is 1. The molecule has 3 heterocycles. The normalized spacial score (nSPS) is 10.7.